The van der Waals surface area contributed by atoms with Gasteiger partial charge in [-0.2, -0.15) is 0 Å². The van der Waals surface area contributed by atoms with E-state index in [1.807, 2.05) is 4.90 Å². The lowest BCUT2D eigenvalue weighted by atomic mass is 10.1. The van der Waals surface area contributed by atoms with Crippen LogP contribution in [0.25, 0.3) is 0 Å². The summed E-state index contributed by atoms with van der Waals surface area (Å²) in [4.78, 5) is 23.8. The second-order valence-electron chi connectivity index (χ2n) is 3.48. The molecule has 1 atom stereocenters. The van der Waals surface area contributed by atoms with Crippen LogP contribution in [0, 0.1) is 0 Å². The van der Waals surface area contributed by atoms with E-state index in [9.17, 15) is 9.59 Å². The zero-order valence-corrected chi connectivity index (χ0v) is 9.35. The SMILES string of the molecule is O=C(Cl)CC(C(=O)Cl)N1CCCCC1. The number of piperidine rings is 1. The molecular weight excluding hydrogens is 225 g/mol. The Morgan fingerprint density at radius 1 is 1.14 bits per heavy atom. The fraction of sp³-hybridized carbons (Fsp3) is 0.778. The third-order valence-corrected chi connectivity index (χ3v) is 2.85. The van der Waals surface area contributed by atoms with Crippen molar-refractivity contribution in [2.75, 3.05) is 13.1 Å². The topological polar surface area (TPSA) is 37.4 Å². The molecule has 0 spiro atoms. The fourth-order valence-electron chi connectivity index (χ4n) is 1.73. The summed E-state index contributed by atoms with van der Waals surface area (Å²) >= 11 is 10.7. The Hall–Kier alpha value is -0.120. The summed E-state index contributed by atoms with van der Waals surface area (Å²) in [5.74, 6) is 0. The van der Waals surface area contributed by atoms with Gasteiger partial charge in [0.2, 0.25) is 10.5 Å². The van der Waals surface area contributed by atoms with E-state index in [0.717, 1.165) is 25.9 Å². The highest BCUT2D eigenvalue weighted by Crippen LogP contribution is 2.17. The Labute approximate surface area is 93.3 Å². The number of likely N-dealkylation sites (tertiary alicyclic amines) is 1. The van der Waals surface area contributed by atoms with E-state index in [1.54, 1.807) is 0 Å². The molecule has 1 unspecified atom stereocenters. The van der Waals surface area contributed by atoms with Crippen LogP contribution >= 0.6 is 23.2 Å². The second kappa shape index (κ2) is 5.69. The van der Waals surface area contributed by atoms with Gasteiger partial charge in [-0.1, -0.05) is 6.42 Å². The van der Waals surface area contributed by atoms with Crippen LogP contribution in [0.3, 0.4) is 0 Å². The van der Waals surface area contributed by atoms with Crippen LogP contribution in [-0.4, -0.2) is 34.5 Å². The number of halogens is 2. The Morgan fingerprint density at radius 3 is 2.14 bits per heavy atom. The zero-order chi connectivity index (χ0) is 10.6. The number of nitrogens with zero attached hydrogens (tertiary/aromatic N) is 1. The molecule has 0 radical (unpaired) electrons. The van der Waals surface area contributed by atoms with Crippen molar-refractivity contribution in [3.63, 3.8) is 0 Å². The highest BCUT2D eigenvalue weighted by molar-refractivity contribution is 6.67. The summed E-state index contributed by atoms with van der Waals surface area (Å²) in [6, 6.07) is -0.526. The monoisotopic (exact) mass is 237 g/mol. The molecule has 0 N–H and O–H groups in total. The molecule has 14 heavy (non-hydrogen) atoms. The average molecular weight is 238 g/mol. The third-order valence-electron chi connectivity index (χ3n) is 2.45. The minimum Gasteiger partial charge on any atom is -0.292 e. The highest BCUT2D eigenvalue weighted by atomic mass is 35.5. The number of rotatable bonds is 4. The van der Waals surface area contributed by atoms with Crippen molar-refractivity contribution >= 4 is 33.7 Å². The molecule has 1 saturated heterocycles. The maximum absolute atomic E-state index is 11.1. The number of carbonyl (C=O) groups is 2. The maximum Gasteiger partial charge on any atom is 0.239 e. The first-order chi connectivity index (χ1) is 6.61. The number of carbonyl (C=O) groups excluding carboxylic acids is 2. The van der Waals surface area contributed by atoms with Crippen LogP contribution < -0.4 is 0 Å². The molecule has 1 fully saturated rings. The lowest BCUT2D eigenvalue weighted by Crippen LogP contribution is -2.43. The molecule has 0 aromatic rings. The van der Waals surface area contributed by atoms with Crippen molar-refractivity contribution < 1.29 is 9.59 Å². The van der Waals surface area contributed by atoms with Crippen molar-refractivity contribution in [2.24, 2.45) is 0 Å². The molecule has 0 bridgehead atoms. The van der Waals surface area contributed by atoms with Gasteiger partial charge in [0.15, 0.2) is 0 Å². The van der Waals surface area contributed by atoms with Gasteiger partial charge in [-0.25, -0.2) is 0 Å². The van der Waals surface area contributed by atoms with Gasteiger partial charge in [0.25, 0.3) is 0 Å². The van der Waals surface area contributed by atoms with E-state index in [4.69, 9.17) is 23.2 Å². The molecule has 0 saturated carbocycles. The largest absolute Gasteiger partial charge is 0.292 e. The van der Waals surface area contributed by atoms with Gasteiger partial charge in [-0.15, -0.1) is 0 Å². The zero-order valence-electron chi connectivity index (χ0n) is 7.84. The van der Waals surface area contributed by atoms with Gasteiger partial charge in [-0.3, -0.25) is 14.5 Å². The van der Waals surface area contributed by atoms with Gasteiger partial charge < -0.3 is 0 Å². The van der Waals surface area contributed by atoms with E-state index >= 15 is 0 Å². The second-order valence-corrected chi connectivity index (χ2v) is 4.27. The summed E-state index contributed by atoms with van der Waals surface area (Å²) in [6.07, 6.45) is 3.30. The Kier molecular flexibility index (Phi) is 4.85. The highest BCUT2D eigenvalue weighted by Gasteiger charge is 2.27. The van der Waals surface area contributed by atoms with Crippen molar-refractivity contribution in [3.8, 4) is 0 Å². The standard InChI is InChI=1S/C9H13Cl2NO2/c10-8(13)6-7(9(11)14)12-4-2-1-3-5-12/h7H,1-6H2. The summed E-state index contributed by atoms with van der Waals surface area (Å²) in [5.41, 5.74) is 0. The average Bonchev–Trinajstić information content (AvgIpc) is 2.15. The molecule has 80 valence electrons. The third kappa shape index (κ3) is 3.56. The van der Waals surface area contributed by atoms with Gasteiger partial charge in [0.05, 0.1) is 6.04 Å². The molecule has 0 aromatic carbocycles. The first-order valence-electron chi connectivity index (χ1n) is 4.73. The number of hydrogen-bond acceptors (Lipinski definition) is 3. The minimum atomic E-state index is -0.526. The van der Waals surface area contributed by atoms with Gasteiger partial charge in [0, 0.05) is 6.42 Å². The van der Waals surface area contributed by atoms with Gasteiger partial charge in [0.1, 0.15) is 0 Å². The first kappa shape index (κ1) is 12.0. The smallest absolute Gasteiger partial charge is 0.239 e. The summed E-state index contributed by atoms with van der Waals surface area (Å²) < 4.78 is 0. The normalized spacial score (nSPS) is 20.4. The molecule has 0 aliphatic carbocycles. The van der Waals surface area contributed by atoms with Crippen LogP contribution in [0.15, 0.2) is 0 Å². The molecule has 5 heteroatoms. The fourth-order valence-corrected chi connectivity index (χ4v) is 2.10. The molecule has 0 aromatic heterocycles. The van der Waals surface area contributed by atoms with Crippen LogP contribution in [0.5, 0.6) is 0 Å². The lowest BCUT2D eigenvalue weighted by Gasteiger charge is -2.31. The Bertz CT molecular complexity index is 227. The summed E-state index contributed by atoms with van der Waals surface area (Å²) in [7, 11) is 0. The van der Waals surface area contributed by atoms with Crippen LogP contribution in [0.2, 0.25) is 0 Å². The van der Waals surface area contributed by atoms with Crippen molar-refractivity contribution in [1.29, 1.82) is 0 Å². The van der Waals surface area contributed by atoms with Crippen LogP contribution in [0.1, 0.15) is 25.7 Å². The van der Waals surface area contributed by atoms with Crippen LogP contribution in [0.4, 0.5) is 0 Å². The Morgan fingerprint density at radius 2 is 1.71 bits per heavy atom. The lowest BCUT2D eigenvalue weighted by molar-refractivity contribution is -0.121. The number of hydrogen-bond donors (Lipinski definition) is 0. The molecule has 1 rings (SSSR count). The molecule has 1 aliphatic rings. The minimum absolute atomic E-state index is 0.0177. The van der Waals surface area contributed by atoms with E-state index in [1.165, 1.54) is 6.42 Å². The van der Waals surface area contributed by atoms with E-state index in [2.05, 4.69) is 0 Å². The molecule has 3 nitrogen and oxygen atoms in total. The molecule has 1 aliphatic heterocycles. The molecular formula is C9H13Cl2NO2. The maximum atomic E-state index is 11.1. The van der Waals surface area contributed by atoms with Crippen molar-refractivity contribution in [3.05, 3.63) is 0 Å². The van der Waals surface area contributed by atoms with E-state index < -0.39 is 16.5 Å². The summed E-state index contributed by atoms with van der Waals surface area (Å²) in [5, 5.41) is -0.990. The van der Waals surface area contributed by atoms with E-state index in [-0.39, 0.29) is 6.42 Å². The Balaban J connectivity index is 2.56. The quantitative estimate of drug-likeness (QED) is 0.700. The van der Waals surface area contributed by atoms with Crippen LogP contribution in [-0.2, 0) is 9.59 Å². The van der Waals surface area contributed by atoms with Gasteiger partial charge >= 0.3 is 0 Å². The van der Waals surface area contributed by atoms with Crippen molar-refractivity contribution in [1.82, 2.24) is 4.90 Å². The summed E-state index contributed by atoms with van der Waals surface area (Å²) in [6.45, 7) is 1.65. The van der Waals surface area contributed by atoms with Gasteiger partial charge in [-0.05, 0) is 49.1 Å². The predicted molar refractivity (Wildman–Crippen MR) is 55.5 cm³/mol. The molecule has 1 heterocycles. The first-order valence-corrected chi connectivity index (χ1v) is 5.48. The van der Waals surface area contributed by atoms with E-state index in [0.29, 0.717) is 0 Å². The van der Waals surface area contributed by atoms with Crippen molar-refractivity contribution in [2.45, 2.75) is 31.7 Å². The predicted octanol–water partition coefficient (Wildman–Crippen LogP) is 1.76. The molecule has 0 amide bonds.